The van der Waals surface area contributed by atoms with E-state index in [4.69, 9.17) is 0 Å². The van der Waals surface area contributed by atoms with E-state index in [-0.39, 0.29) is 5.41 Å². The van der Waals surface area contributed by atoms with Crippen molar-refractivity contribution in [2.75, 3.05) is 4.90 Å². The molecule has 0 unspecified atom stereocenters. The Hall–Kier alpha value is -8.78. The van der Waals surface area contributed by atoms with Crippen LogP contribution in [0, 0.1) is 0 Å². The first-order valence-electron chi connectivity index (χ1n) is 24.9. The van der Waals surface area contributed by atoms with Crippen molar-refractivity contribution in [3.8, 4) is 77.9 Å². The molecule has 0 fully saturated rings. The van der Waals surface area contributed by atoms with Crippen LogP contribution in [0.1, 0.15) is 47.2 Å². The zero-order valence-corrected chi connectivity index (χ0v) is 39.8. The quantitative estimate of drug-likeness (QED) is 0.154. The average Bonchev–Trinajstić information content (AvgIpc) is 4.01. The van der Waals surface area contributed by atoms with Gasteiger partial charge in [0, 0.05) is 22.2 Å². The minimum Gasteiger partial charge on any atom is -0.309 e. The molecule has 0 radical (unpaired) electrons. The Kier molecular flexibility index (Phi) is 9.22. The molecule has 0 heterocycles. The van der Waals surface area contributed by atoms with Crippen LogP contribution in [0.15, 0.2) is 261 Å². The summed E-state index contributed by atoms with van der Waals surface area (Å²) >= 11 is 0. The summed E-state index contributed by atoms with van der Waals surface area (Å²) in [5.41, 5.74) is 28.1. The van der Waals surface area contributed by atoms with Gasteiger partial charge in [-0.15, -0.1) is 0 Å². The number of hydrogen-bond donors (Lipinski definition) is 0. The Morgan fingerprint density at radius 2 is 0.690 bits per heavy atom. The van der Waals surface area contributed by atoms with Gasteiger partial charge in [0.25, 0.3) is 0 Å². The minimum absolute atomic E-state index is 0.143. The van der Waals surface area contributed by atoms with Crippen LogP contribution in [0.2, 0.25) is 0 Å². The predicted octanol–water partition coefficient (Wildman–Crippen LogP) is 18.5. The highest BCUT2D eigenvalue weighted by Gasteiger charge is 2.51. The summed E-state index contributed by atoms with van der Waals surface area (Å²) in [4.78, 5) is 2.57. The highest BCUT2D eigenvalue weighted by atomic mass is 15.1. The summed E-state index contributed by atoms with van der Waals surface area (Å²) in [5, 5.41) is 0. The third kappa shape index (κ3) is 6.00. The maximum atomic E-state index is 2.57. The molecule has 3 aliphatic rings. The number of benzene rings is 11. The van der Waals surface area contributed by atoms with E-state index in [2.05, 4.69) is 280 Å². The first kappa shape index (κ1) is 41.2. The number of para-hydroxylation sites is 1. The Balaban J connectivity index is 1.06. The Labute approximate surface area is 416 Å². The van der Waals surface area contributed by atoms with Crippen molar-refractivity contribution in [3.05, 3.63) is 294 Å². The summed E-state index contributed by atoms with van der Waals surface area (Å²) in [6, 6.07) is 97.5. The van der Waals surface area contributed by atoms with Crippen LogP contribution in [0.4, 0.5) is 17.1 Å². The zero-order chi connectivity index (χ0) is 47.3. The lowest BCUT2D eigenvalue weighted by molar-refractivity contribution is 0.660. The van der Waals surface area contributed by atoms with Crippen LogP contribution in [-0.2, 0) is 10.8 Å². The van der Waals surface area contributed by atoms with E-state index in [0.717, 1.165) is 17.1 Å². The number of fused-ring (bicyclic) bond motifs is 13. The molecule has 0 saturated carbocycles. The Bertz CT molecular complexity index is 3870. The third-order valence-electron chi connectivity index (χ3n) is 15.9. The zero-order valence-electron chi connectivity index (χ0n) is 39.8. The standard InChI is InChI=1S/C70H49N/c1-69(2)60-34-16-11-28-53(60)57-42-40-48(44-65(57)69)51-27-15-20-38-66(51)71(67-39-21-33-52(47-24-7-4-8-25-47)68(67)58-32-10-9-26-50(58)46-22-5-3-6-23-46)49-41-43-64-59(45-49)56-31-14-19-37-63(56)70(64)61-35-17-12-29-54(61)55-30-13-18-36-62(55)70/h3-45H,1-2H3. The van der Waals surface area contributed by atoms with E-state index in [1.54, 1.807) is 0 Å². The maximum absolute atomic E-state index is 2.57. The summed E-state index contributed by atoms with van der Waals surface area (Å²) in [6.07, 6.45) is 0. The lowest BCUT2D eigenvalue weighted by Crippen LogP contribution is -2.25. The molecule has 11 aromatic rings. The predicted molar refractivity (Wildman–Crippen MR) is 297 cm³/mol. The molecule has 11 aromatic carbocycles. The molecule has 1 nitrogen and oxygen atoms in total. The second-order valence-corrected chi connectivity index (χ2v) is 19.9. The maximum Gasteiger partial charge on any atom is 0.0725 e. The van der Waals surface area contributed by atoms with E-state index < -0.39 is 5.41 Å². The van der Waals surface area contributed by atoms with Gasteiger partial charge in [-0.25, -0.2) is 0 Å². The third-order valence-corrected chi connectivity index (χ3v) is 15.9. The molecule has 1 spiro atoms. The molecular weight excluding hydrogens is 855 g/mol. The van der Waals surface area contributed by atoms with Crippen molar-refractivity contribution in [1.29, 1.82) is 0 Å². The van der Waals surface area contributed by atoms with Crippen molar-refractivity contribution < 1.29 is 0 Å². The molecular formula is C70H49N. The molecule has 1 heteroatoms. The van der Waals surface area contributed by atoms with Crippen LogP contribution < -0.4 is 4.90 Å². The lowest BCUT2D eigenvalue weighted by atomic mass is 9.70. The van der Waals surface area contributed by atoms with Gasteiger partial charge in [-0.2, -0.15) is 0 Å². The van der Waals surface area contributed by atoms with E-state index >= 15 is 0 Å². The molecule has 3 aliphatic carbocycles. The highest BCUT2D eigenvalue weighted by molar-refractivity contribution is 6.04. The molecule has 0 saturated heterocycles. The van der Waals surface area contributed by atoms with Crippen molar-refractivity contribution in [3.63, 3.8) is 0 Å². The van der Waals surface area contributed by atoms with Gasteiger partial charge in [-0.3, -0.25) is 0 Å². The summed E-state index contributed by atoms with van der Waals surface area (Å²) in [7, 11) is 0. The molecule has 0 aliphatic heterocycles. The van der Waals surface area contributed by atoms with E-state index in [1.807, 2.05) is 0 Å². The van der Waals surface area contributed by atoms with Crippen LogP contribution in [-0.4, -0.2) is 0 Å². The van der Waals surface area contributed by atoms with Crippen LogP contribution in [0.3, 0.4) is 0 Å². The summed E-state index contributed by atoms with van der Waals surface area (Å²) < 4.78 is 0. The van der Waals surface area contributed by atoms with Gasteiger partial charge in [-0.1, -0.05) is 244 Å². The van der Waals surface area contributed by atoms with E-state index in [0.29, 0.717) is 0 Å². The average molecular weight is 904 g/mol. The summed E-state index contributed by atoms with van der Waals surface area (Å²) in [5.74, 6) is 0. The van der Waals surface area contributed by atoms with Crippen LogP contribution in [0.25, 0.3) is 77.9 Å². The molecule has 0 amide bonds. The van der Waals surface area contributed by atoms with Gasteiger partial charge in [0.15, 0.2) is 0 Å². The first-order chi connectivity index (χ1) is 35.0. The van der Waals surface area contributed by atoms with Gasteiger partial charge in [0.05, 0.1) is 16.8 Å². The van der Waals surface area contributed by atoms with E-state index in [1.165, 1.54) is 111 Å². The second-order valence-electron chi connectivity index (χ2n) is 19.9. The molecule has 0 N–H and O–H groups in total. The Morgan fingerprint density at radius 3 is 1.32 bits per heavy atom. The fraction of sp³-hybridized carbons (Fsp3) is 0.0571. The fourth-order valence-electron chi connectivity index (χ4n) is 12.9. The number of nitrogens with zero attached hydrogens (tertiary/aromatic N) is 1. The second kappa shape index (κ2) is 15.9. The van der Waals surface area contributed by atoms with Gasteiger partial charge in [-0.05, 0) is 130 Å². The monoisotopic (exact) mass is 903 g/mol. The normalized spacial score (nSPS) is 13.7. The molecule has 0 bridgehead atoms. The van der Waals surface area contributed by atoms with Crippen molar-refractivity contribution >= 4 is 17.1 Å². The number of anilines is 3. The van der Waals surface area contributed by atoms with Crippen molar-refractivity contribution in [2.24, 2.45) is 0 Å². The van der Waals surface area contributed by atoms with Gasteiger partial charge >= 0.3 is 0 Å². The number of rotatable bonds is 7. The summed E-state index contributed by atoms with van der Waals surface area (Å²) in [6.45, 7) is 4.75. The smallest absolute Gasteiger partial charge is 0.0725 e. The largest absolute Gasteiger partial charge is 0.309 e. The SMILES string of the molecule is CC1(C)c2ccccc2-c2ccc(-c3ccccc3N(c3ccc4c(c3)-c3ccccc3C43c4ccccc4-c4ccccc43)c3cccc(-c4ccccc4)c3-c3ccccc3-c3ccccc3)cc21. The fourth-order valence-corrected chi connectivity index (χ4v) is 12.9. The van der Waals surface area contributed by atoms with Crippen molar-refractivity contribution in [2.45, 2.75) is 24.7 Å². The molecule has 334 valence electrons. The molecule has 0 atom stereocenters. The van der Waals surface area contributed by atoms with Gasteiger partial charge in [0.1, 0.15) is 0 Å². The molecule has 71 heavy (non-hydrogen) atoms. The van der Waals surface area contributed by atoms with Crippen LogP contribution in [0.5, 0.6) is 0 Å². The lowest BCUT2D eigenvalue weighted by Gasteiger charge is -2.33. The minimum atomic E-state index is -0.442. The van der Waals surface area contributed by atoms with Gasteiger partial charge < -0.3 is 4.90 Å². The Morgan fingerprint density at radius 1 is 0.254 bits per heavy atom. The number of hydrogen-bond acceptors (Lipinski definition) is 1. The van der Waals surface area contributed by atoms with Gasteiger partial charge in [0.2, 0.25) is 0 Å². The molecule has 14 rings (SSSR count). The molecule has 0 aromatic heterocycles. The topological polar surface area (TPSA) is 3.24 Å². The van der Waals surface area contributed by atoms with Crippen molar-refractivity contribution in [1.82, 2.24) is 0 Å². The van der Waals surface area contributed by atoms with Crippen LogP contribution >= 0.6 is 0 Å². The first-order valence-corrected chi connectivity index (χ1v) is 24.9. The highest BCUT2D eigenvalue weighted by Crippen LogP contribution is 2.64. The van der Waals surface area contributed by atoms with E-state index in [9.17, 15) is 0 Å².